The number of carbonyl (C=O) groups is 2. The first-order chi connectivity index (χ1) is 6.79. The van der Waals surface area contributed by atoms with Crippen molar-refractivity contribution in [2.24, 2.45) is 16.7 Å². The van der Waals surface area contributed by atoms with Crippen molar-refractivity contribution in [3.63, 3.8) is 0 Å². The number of ketones is 1. The molecule has 0 radical (unpaired) electrons. The molecule has 0 spiro atoms. The highest BCUT2D eigenvalue weighted by Crippen LogP contribution is 2.64. The van der Waals surface area contributed by atoms with Crippen LogP contribution in [-0.4, -0.2) is 17.9 Å². The van der Waals surface area contributed by atoms with Gasteiger partial charge in [0.05, 0.1) is 0 Å². The maximum absolute atomic E-state index is 11.7. The predicted molar refractivity (Wildman–Crippen MR) is 55.2 cm³/mol. The van der Waals surface area contributed by atoms with Crippen molar-refractivity contribution in [2.45, 2.75) is 46.6 Å². The van der Waals surface area contributed by atoms with Gasteiger partial charge in [-0.05, 0) is 11.8 Å². The third-order valence-corrected chi connectivity index (χ3v) is 4.74. The maximum Gasteiger partial charge on any atom is 0.302 e. The molecule has 2 rings (SSSR count). The second-order valence-corrected chi connectivity index (χ2v) is 5.67. The normalized spacial score (nSPS) is 42.0. The van der Waals surface area contributed by atoms with E-state index in [0.29, 0.717) is 18.6 Å². The largest absolute Gasteiger partial charge is 0.462 e. The van der Waals surface area contributed by atoms with Gasteiger partial charge in [0.25, 0.3) is 0 Å². The topological polar surface area (TPSA) is 43.4 Å². The van der Waals surface area contributed by atoms with Crippen LogP contribution < -0.4 is 0 Å². The smallest absolute Gasteiger partial charge is 0.302 e. The Kier molecular flexibility index (Phi) is 2.01. The molecule has 0 heterocycles. The summed E-state index contributed by atoms with van der Waals surface area (Å²) in [5.74, 6) is 0.176. The molecule has 15 heavy (non-hydrogen) atoms. The van der Waals surface area contributed by atoms with Crippen LogP contribution >= 0.6 is 0 Å². The molecule has 0 saturated heterocycles. The summed E-state index contributed by atoms with van der Waals surface area (Å²) in [5.41, 5.74) is -0.204. The van der Waals surface area contributed by atoms with Gasteiger partial charge in [0.2, 0.25) is 0 Å². The summed E-state index contributed by atoms with van der Waals surface area (Å²) in [7, 11) is 0. The minimum absolute atomic E-state index is 0.0375. The highest BCUT2D eigenvalue weighted by atomic mass is 16.5. The summed E-state index contributed by atoms with van der Waals surface area (Å²) >= 11 is 0. The van der Waals surface area contributed by atoms with Crippen molar-refractivity contribution < 1.29 is 14.3 Å². The molecule has 2 fully saturated rings. The Morgan fingerprint density at radius 2 is 2.00 bits per heavy atom. The van der Waals surface area contributed by atoms with Gasteiger partial charge in [0.1, 0.15) is 11.9 Å². The molecule has 0 amide bonds. The van der Waals surface area contributed by atoms with E-state index < -0.39 is 0 Å². The van der Waals surface area contributed by atoms with E-state index in [0.717, 1.165) is 0 Å². The van der Waals surface area contributed by atoms with Crippen LogP contribution in [0.25, 0.3) is 0 Å². The summed E-state index contributed by atoms with van der Waals surface area (Å²) in [4.78, 5) is 22.8. The predicted octanol–water partition coefficient (Wildman–Crippen LogP) is 1.94. The van der Waals surface area contributed by atoms with E-state index in [-0.39, 0.29) is 28.8 Å². The average molecular weight is 210 g/mol. The number of Topliss-reactive ketones (excluding diaryl/α,β-unsaturated/α-hetero) is 1. The molecule has 2 aliphatic carbocycles. The summed E-state index contributed by atoms with van der Waals surface area (Å²) in [6, 6.07) is 0. The maximum atomic E-state index is 11.7. The van der Waals surface area contributed by atoms with Crippen molar-refractivity contribution in [2.75, 3.05) is 0 Å². The molecular weight excluding hydrogens is 192 g/mol. The van der Waals surface area contributed by atoms with Crippen LogP contribution in [0.15, 0.2) is 0 Å². The zero-order chi connectivity index (χ0) is 11.4. The van der Waals surface area contributed by atoms with Crippen LogP contribution in [0.5, 0.6) is 0 Å². The van der Waals surface area contributed by atoms with E-state index in [1.807, 2.05) is 0 Å². The van der Waals surface area contributed by atoms with Crippen molar-refractivity contribution >= 4 is 11.8 Å². The van der Waals surface area contributed by atoms with E-state index in [1.54, 1.807) is 0 Å². The molecule has 3 nitrogen and oxygen atoms in total. The SMILES string of the molecule is CC(=O)O[C@@H]1C[C@@H]2C(=O)C[C@]1(C)C2(C)C. The van der Waals surface area contributed by atoms with Crippen LogP contribution in [0.4, 0.5) is 0 Å². The van der Waals surface area contributed by atoms with Crippen LogP contribution in [-0.2, 0) is 14.3 Å². The Hall–Kier alpha value is -0.860. The lowest BCUT2D eigenvalue weighted by Crippen LogP contribution is -2.38. The van der Waals surface area contributed by atoms with Crippen molar-refractivity contribution in [1.29, 1.82) is 0 Å². The number of rotatable bonds is 1. The summed E-state index contributed by atoms with van der Waals surface area (Å²) < 4.78 is 5.34. The van der Waals surface area contributed by atoms with E-state index >= 15 is 0 Å². The molecule has 0 aromatic heterocycles. The van der Waals surface area contributed by atoms with Crippen molar-refractivity contribution in [3.8, 4) is 0 Å². The van der Waals surface area contributed by atoms with Crippen LogP contribution in [0.1, 0.15) is 40.5 Å². The quantitative estimate of drug-likeness (QED) is 0.621. The number of esters is 1. The van der Waals surface area contributed by atoms with E-state index in [2.05, 4.69) is 20.8 Å². The fraction of sp³-hybridized carbons (Fsp3) is 0.833. The second-order valence-electron chi connectivity index (χ2n) is 5.67. The second kappa shape index (κ2) is 2.83. The minimum atomic E-state index is -0.239. The Balaban J connectivity index is 2.30. The fourth-order valence-electron chi connectivity index (χ4n) is 3.32. The highest BCUT2D eigenvalue weighted by molar-refractivity contribution is 5.87. The van der Waals surface area contributed by atoms with Gasteiger partial charge in [-0.25, -0.2) is 0 Å². The first kappa shape index (κ1) is 10.7. The molecule has 0 unspecified atom stereocenters. The van der Waals surface area contributed by atoms with Crippen LogP contribution in [0, 0.1) is 16.7 Å². The fourth-order valence-corrected chi connectivity index (χ4v) is 3.32. The molecule has 2 saturated carbocycles. The monoisotopic (exact) mass is 210 g/mol. The third-order valence-electron chi connectivity index (χ3n) is 4.74. The van der Waals surface area contributed by atoms with Gasteiger partial charge < -0.3 is 4.74 Å². The Morgan fingerprint density at radius 3 is 2.33 bits per heavy atom. The third kappa shape index (κ3) is 1.18. The molecule has 0 aromatic carbocycles. The van der Waals surface area contributed by atoms with Gasteiger partial charge in [-0.3, -0.25) is 9.59 Å². The number of hydrogen-bond acceptors (Lipinski definition) is 3. The molecule has 2 bridgehead atoms. The zero-order valence-corrected chi connectivity index (χ0v) is 9.79. The van der Waals surface area contributed by atoms with E-state index in [9.17, 15) is 9.59 Å². The summed E-state index contributed by atoms with van der Waals surface area (Å²) in [6.07, 6.45) is 1.19. The number of hydrogen-bond donors (Lipinski definition) is 0. The molecule has 84 valence electrons. The van der Waals surface area contributed by atoms with Crippen molar-refractivity contribution in [3.05, 3.63) is 0 Å². The molecule has 0 aliphatic heterocycles. The lowest BCUT2D eigenvalue weighted by atomic mass is 9.70. The van der Waals surface area contributed by atoms with Crippen LogP contribution in [0.2, 0.25) is 0 Å². The number of ether oxygens (including phenoxy) is 1. The number of carbonyl (C=O) groups excluding carboxylic acids is 2. The zero-order valence-electron chi connectivity index (χ0n) is 9.79. The van der Waals surface area contributed by atoms with Gasteiger partial charge in [0, 0.05) is 24.7 Å². The first-order valence-corrected chi connectivity index (χ1v) is 5.49. The Labute approximate surface area is 90.2 Å². The lowest BCUT2D eigenvalue weighted by Gasteiger charge is -2.37. The molecule has 3 heteroatoms. The van der Waals surface area contributed by atoms with Gasteiger partial charge in [-0.15, -0.1) is 0 Å². The van der Waals surface area contributed by atoms with Crippen LogP contribution in [0.3, 0.4) is 0 Å². The standard InChI is InChI=1S/C12H18O3/c1-7(13)15-10-5-8-9(14)6-12(10,4)11(8,2)3/h8,10H,5-6H2,1-4H3/t8-,10-,12+/m1/s1. The minimum Gasteiger partial charge on any atom is -0.462 e. The van der Waals surface area contributed by atoms with E-state index in [4.69, 9.17) is 4.74 Å². The molecule has 3 atom stereocenters. The van der Waals surface area contributed by atoms with E-state index in [1.165, 1.54) is 6.92 Å². The molecule has 0 aromatic rings. The summed E-state index contributed by atoms with van der Waals surface area (Å²) in [5, 5.41) is 0. The first-order valence-electron chi connectivity index (χ1n) is 5.49. The molecule has 2 aliphatic rings. The highest BCUT2D eigenvalue weighted by Gasteiger charge is 2.66. The van der Waals surface area contributed by atoms with Gasteiger partial charge in [0.15, 0.2) is 0 Å². The lowest BCUT2D eigenvalue weighted by molar-refractivity contribution is -0.155. The summed E-state index contributed by atoms with van der Waals surface area (Å²) in [6.45, 7) is 7.74. The average Bonchev–Trinajstić information content (AvgIpc) is 2.33. The molecule has 0 N–H and O–H groups in total. The number of fused-ring (bicyclic) bond motifs is 2. The van der Waals surface area contributed by atoms with Gasteiger partial charge in [-0.1, -0.05) is 20.8 Å². The Bertz CT molecular complexity index is 332. The van der Waals surface area contributed by atoms with Gasteiger partial charge in [-0.2, -0.15) is 0 Å². The van der Waals surface area contributed by atoms with Crippen molar-refractivity contribution in [1.82, 2.24) is 0 Å². The van der Waals surface area contributed by atoms with Gasteiger partial charge >= 0.3 is 5.97 Å². The Morgan fingerprint density at radius 1 is 1.40 bits per heavy atom. The molecular formula is C12H18O3.